The van der Waals surface area contributed by atoms with E-state index in [1.54, 1.807) is 13.0 Å². The van der Waals surface area contributed by atoms with Crippen LogP contribution >= 0.6 is 15.9 Å². The molecule has 0 atom stereocenters. The van der Waals surface area contributed by atoms with Gasteiger partial charge in [0, 0.05) is 16.1 Å². The smallest absolute Gasteiger partial charge is 0.251 e. The maximum absolute atomic E-state index is 12.3. The first-order valence-corrected chi connectivity index (χ1v) is 8.77. The summed E-state index contributed by atoms with van der Waals surface area (Å²) in [6.45, 7) is 1.59. The number of carbonyl (C=O) groups excluding carboxylic acids is 1. The number of nitrogens with one attached hydrogen (secondary N) is 1. The fourth-order valence-electron chi connectivity index (χ4n) is 2.52. The normalized spacial score (nSPS) is 16.4. The second-order valence-electron chi connectivity index (χ2n) is 5.08. The molecule has 1 aromatic carbocycles. The molecule has 1 aromatic rings. The van der Waals surface area contributed by atoms with E-state index in [4.69, 9.17) is 5.14 Å². The standard InChI is InChI=1S/C13H17BrN2O3S/c1-8-11(13(17)16-10-4-2-3-5-10)6-9(14)7-12(8)20(15,18)19/h6-7,10H,2-5H2,1H3,(H,16,17)(H2,15,18,19). The molecule has 2 rings (SSSR count). The van der Waals surface area contributed by atoms with Crippen LogP contribution in [0.25, 0.3) is 0 Å². The maximum atomic E-state index is 12.3. The highest BCUT2D eigenvalue weighted by molar-refractivity contribution is 9.10. The molecule has 0 aromatic heterocycles. The minimum atomic E-state index is -3.85. The molecule has 0 unspecified atom stereocenters. The Kier molecular flexibility index (Phi) is 4.51. The van der Waals surface area contributed by atoms with E-state index in [0.717, 1.165) is 25.7 Å². The highest BCUT2D eigenvalue weighted by Crippen LogP contribution is 2.25. The first kappa shape index (κ1) is 15.5. The third-order valence-electron chi connectivity index (χ3n) is 3.57. The van der Waals surface area contributed by atoms with Crippen LogP contribution in [0.3, 0.4) is 0 Å². The summed E-state index contributed by atoms with van der Waals surface area (Å²) >= 11 is 3.22. The van der Waals surface area contributed by atoms with Gasteiger partial charge in [-0.1, -0.05) is 28.8 Å². The number of halogens is 1. The fourth-order valence-corrected chi connectivity index (χ4v) is 3.96. The molecule has 1 amide bonds. The molecule has 0 heterocycles. The molecule has 0 spiro atoms. The molecule has 0 saturated heterocycles. The van der Waals surface area contributed by atoms with Crippen molar-refractivity contribution in [3.63, 3.8) is 0 Å². The topological polar surface area (TPSA) is 89.3 Å². The number of amides is 1. The second-order valence-corrected chi connectivity index (χ2v) is 7.52. The Balaban J connectivity index is 2.36. The van der Waals surface area contributed by atoms with Gasteiger partial charge in [-0.05, 0) is 37.5 Å². The van der Waals surface area contributed by atoms with Crippen LogP contribution in [-0.2, 0) is 10.0 Å². The zero-order chi connectivity index (χ0) is 14.9. The van der Waals surface area contributed by atoms with Crippen molar-refractivity contribution in [2.45, 2.75) is 43.5 Å². The molecule has 0 radical (unpaired) electrons. The predicted octanol–water partition coefficient (Wildman–Crippen LogP) is 2.08. The third kappa shape index (κ3) is 3.39. The van der Waals surface area contributed by atoms with Gasteiger partial charge < -0.3 is 5.32 Å². The van der Waals surface area contributed by atoms with Crippen LogP contribution in [-0.4, -0.2) is 20.4 Å². The van der Waals surface area contributed by atoms with E-state index in [9.17, 15) is 13.2 Å². The monoisotopic (exact) mass is 360 g/mol. The molecule has 1 fully saturated rings. The molecule has 7 heteroatoms. The van der Waals surface area contributed by atoms with E-state index in [0.29, 0.717) is 15.6 Å². The zero-order valence-corrected chi connectivity index (χ0v) is 13.6. The number of benzene rings is 1. The average Bonchev–Trinajstić information content (AvgIpc) is 2.83. The number of carbonyl (C=O) groups is 1. The van der Waals surface area contributed by atoms with Crippen molar-refractivity contribution < 1.29 is 13.2 Å². The Hall–Kier alpha value is -0.920. The van der Waals surface area contributed by atoms with Crippen LogP contribution in [0.4, 0.5) is 0 Å². The number of primary sulfonamides is 1. The average molecular weight is 361 g/mol. The number of nitrogens with two attached hydrogens (primary N) is 1. The highest BCUT2D eigenvalue weighted by atomic mass is 79.9. The predicted molar refractivity (Wildman–Crippen MR) is 80.0 cm³/mol. The highest BCUT2D eigenvalue weighted by Gasteiger charge is 2.22. The summed E-state index contributed by atoms with van der Waals surface area (Å²) in [6.07, 6.45) is 4.18. The molecule has 1 aliphatic carbocycles. The van der Waals surface area contributed by atoms with Crippen LogP contribution in [0, 0.1) is 6.92 Å². The number of sulfonamides is 1. The summed E-state index contributed by atoms with van der Waals surface area (Å²) < 4.78 is 23.6. The largest absolute Gasteiger partial charge is 0.349 e. The Morgan fingerprint density at radius 1 is 1.35 bits per heavy atom. The number of hydrogen-bond acceptors (Lipinski definition) is 3. The summed E-state index contributed by atoms with van der Waals surface area (Å²) in [5.41, 5.74) is 0.724. The second kappa shape index (κ2) is 5.83. The van der Waals surface area contributed by atoms with E-state index in [1.165, 1.54) is 6.07 Å². The summed E-state index contributed by atoms with van der Waals surface area (Å²) in [4.78, 5) is 12.3. The minimum Gasteiger partial charge on any atom is -0.349 e. The van der Waals surface area contributed by atoms with Gasteiger partial charge >= 0.3 is 0 Å². The summed E-state index contributed by atoms with van der Waals surface area (Å²) in [6, 6.07) is 3.21. The van der Waals surface area contributed by atoms with Crippen molar-refractivity contribution in [3.8, 4) is 0 Å². The Morgan fingerprint density at radius 3 is 2.50 bits per heavy atom. The van der Waals surface area contributed by atoms with E-state index in [2.05, 4.69) is 21.2 Å². The van der Waals surface area contributed by atoms with E-state index in [1.807, 2.05) is 0 Å². The molecule has 1 saturated carbocycles. The van der Waals surface area contributed by atoms with Crippen molar-refractivity contribution in [1.29, 1.82) is 0 Å². The molecule has 3 N–H and O–H groups in total. The van der Waals surface area contributed by atoms with Gasteiger partial charge in [0.25, 0.3) is 5.91 Å². The maximum Gasteiger partial charge on any atom is 0.251 e. The molecule has 0 bridgehead atoms. The summed E-state index contributed by atoms with van der Waals surface area (Å²) in [7, 11) is -3.85. The van der Waals surface area contributed by atoms with Crippen LogP contribution in [0.15, 0.2) is 21.5 Å². The molecule has 0 aliphatic heterocycles. The van der Waals surface area contributed by atoms with Gasteiger partial charge in [-0.2, -0.15) is 0 Å². The Morgan fingerprint density at radius 2 is 1.95 bits per heavy atom. The molecule has 20 heavy (non-hydrogen) atoms. The first-order chi connectivity index (χ1) is 9.29. The van der Waals surface area contributed by atoms with E-state index >= 15 is 0 Å². The Labute approximate surface area is 127 Å². The molecular formula is C13H17BrN2O3S. The molecule has 1 aliphatic rings. The summed E-state index contributed by atoms with van der Waals surface area (Å²) in [5, 5.41) is 8.13. The van der Waals surface area contributed by atoms with Crippen molar-refractivity contribution in [1.82, 2.24) is 5.32 Å². The molecule has 110 valence electrons. The van der Waals surface area contributed by atoms with Gasteiger partial charge in [-0.3, -0.25) is 4.79 Å². The lowest BCUT2D eigenvalue weighted by molar-refractivity contribution is 0.0937. The van der Waals surface area contributed by atoms with Crippen molar-refractivity contribution in [2.24, 2.45) is 5.14 Å². The fraction of sp³-hybridized carbons (Fsp3) is 0.462. The lowest BCUT2D eigenvalue weighted by Crippen LogP contribution is -2.33. The van der Waals surface area contributed by atoms with Crippen LogP contribution < -0.4 is 10.5 Å². The van der Waals surface area contributed by atoms with Crippen LogP contribution in [0.5, 0.6) is 0 Å². The van der Waals surface area contributed by atoms with Gasteiger partial charge in [0.05, 0.1) is 4.90 Å². The Bertz CT molecular complexity index is 637. The van der Waals surface area contributed by atoms with Crippen molar-refractivity contribution >= 4 is 31.9 Å². The molecular weight excluding hydrogens is 344 g/mol. The van der Waals surface area contributed by atoms with Gasteiger partial charge in [-0.25, -0.2) is 13.6 Å². The van der Waals surface area contributed by atoms with Crippen molar-refractivity contribution in [3.05, 3.63) is 27.7 Å². The van der Waals surface area contributed by atoms with Gasteiger partial charge in [0.15, 0.2) is 0 Å². The lowest BCUT2D eigenvalue weighted by Gasteiger charge is -2.15. The molecule has 5 nitrogen and oxygen atoms in total. The number of hydrogen-bond donors (Lipinski definition) is 2. The van der Waals surface area contributed by atoms with Crippen molar-refractivity contribution in [2.75, 3.05) is 0 Å². The zero-order valence-electron chi connectivity index (χ0n) is 11.1. The number of rotatable bonds is 3. The lowest BCUT2D eigenvalue weighted by atomic mass is 10.1. The quantitative estimate of drug-likeness (QED) is 0.864. The SMILES string of the molecule is Cc1c(C(=O)NC2CCCC2)cc(Br)cc1S(N)(=O)=O. The van der Waals surface area contributed by atoms with E-state index < -0.39 is 10.0 Å². The first-order valence-electron chi connectivity index (χ1n) is 6.43. The van der Waals surface area contributed by atoms with Gasteiger partial charge in [0.2, 0.25) is 10.0 Å². The van der Waals surface area contributed by atoms with Crippen LogP contribution in [0.2, 0.25) is 0 Å². The van der Waals surface area contributed by atoms with Gasteiger partial charge in [-0.15, -0.1) is 0 Å². The minimum absolute atomic E-state index is 0.0246. The van der Waals surface area contributed by atoms with Gasteiger partial charge in [0.1, 0.15) is 0 Å². The van der Waals surface area contributed by atoms with E-state index in [-0.39, 0.29) is 16.8 Å². The summed E-state index contributed by atoms with van der Waals surface area (Å²) in [5.74, 6) is -0.249. The third-order valence-corrected chi connectivity index (χ3v) is 5.06. The van der Waals surface area contributed by atoms with Crippen LogP contribution in [0.1, 0.15) is 41.6 Å².